The van der Waals surface area contributed by atoms with E-state index < -0.39 is 0 Å². The molecule has 5 nitrogen and oxygen atoms in total. The van der Waals surface area contributed by atoms with Crippen LogP contribution < -0.4 is 5.32 Å². The number of rotatable bonds is 3. The average molecular weight is 267 g/mol. The third kappa shape index (κ3) is 2.51. The van der Waals surface area contributed by atoms with Gasteiger partial charge in [-0.1, -0.05) is 6.07 Å². The first kappa shape index (κ1) is 12.3. The van der Waals surface area contributed by atoms with Crippen molar-refractivity contribution in [1.29, 1.82) is 0 Å². The molecule has 20 heavy (non-hydrogen) atoms. The van der Waals surface area contributed by atoms with E-state index in [4.69, 9.17) is 4.42 Å². The summed E-state index contributed by atoms with van der Waals surface area (Å²) >= 11 is 0. The van der Waals surface area contributed by atoms with Crippen molar-refractivity contribution < 1.29 is 9.21 Å². The summed E-state index contributed by atoms with van der Waals surface area (Å²) in [5.74, 6) is 0.513. The monoisotopic (exact) mass is 267 g/mol. The highest BCUT2D eigenvalue weighted by Gasteiger charge is 2.06. The van der Waals surface area contributed by atoms with E-state index in [-0.39, 0.29) is 5.91 Å². The molecule has 0 aliphatic heterocycles. The Morgan fingerprint density at radius 1 is 1.25 bits per heavy atom. The number of carbonyl (C=O) groups is 1. The molecule has 0 fully saturated rings. The topological polar surface area (TPSA) is 68.0 Å². The van der Waals surface area contributed by atoms with Gasteiger partial charge in [0.2, 0.25) is 0 Å². The van der Waals surface area contributed by atoms with E-state index in [2.05, 4.69) is 15.3 Å². The molecular weight excluding hydrogens is 254 g/mol. The molecule has 3 aromatic rings. The Morgan fingerprint density at radius 2 is 2.05 bits per heavy atom. The lowest BCUT2D eigenvalue weighted by Crippen LogP contribution is -2.22. The highest BCUT2D eigenvalue weighted by atomic mass is 16.3. The minimum atomic E-state index is -0.124. The number of hydrogen-bond donors (Lipinski definition) is 1. The lowest BCUT2D eigenvalue weighted by molar-refractivity contribution is 0.0951. The van der Waals surface area contributed by atoms with Gasteiger partial charge in [-0.25, -0.2) is 4.98 Å². The molecule has 0 bridgehead atoms. The molecule has 0 radical (unpaired) electrons. The summed E-state index contributed by atoms with van der Waals surface area (Å²) in [4.78, 5) is 20.0. The lowest BCUT2D eigenvalue weighted by atomic mass is 10.2. The molecule has 0 atom stereocenters. The molecule has 2 heterocycles. The minimum Gasteiger partial charge on any atom is -0.441 e. The van der Waals surface area contributed by atoms with Crippen molar-refractivity contribution >= 4 is 17.0 Å². The number of carbonyl (C=O) groups excluding carboxylic acids is 1. The van der Waals surface area contributed by atoms with Gasteiger partial charge in [-0.2, -0.15) is 0 Å². The fourth-order valence-corrected chi connectivity index (χ4v) is 1.98. The summed E-state index contributed by atoms with van der Waals surface area (Å²) in [7, 11) is 0. The molecule has 0 spiro atoms. The average Bonchev–Trinajstić information content (AvgIpc) is 2.85. The van der Waals surface area contributed by atoms with Gasteiger partial charge in [0, 0.05) is 31.4 Å². The molecule has 3 rings (SSSR count). The maximum atomic E-state index is 11.9. The van der Waals surface area contributed by atoms with Gasteiger partial charge in [-0.05, 0) is 29.8 Å². The molecule has 5 heteroatoms. The summed E-state index contributed by atoms with van der Waals surface area (Å²) in [6.45, 7) is 2.25. The first-order valence-electron chi connectivity index (χ1n) is 6.27. The summed E-state index contributed by atoms with van der Waals surface area (Å²) in [6.07, 6.45) is 3.19. The Bertz CT molecular complexity index is 750. The van der Waals surface area contributed by atoms with Crippen LogP contribution in [0.5, 0.6) is 0 Å². The van der Waals surface area contributed by atoms with Crippen molar-refractivity contribution in [3.8, 4) is 0 Å². The molecule has 0 aliphatic carbocycles. The zero-order valence-corrected chi connectivity index (χ0v) is 11.0. The molecular formula is C15H13N3O2. The number of benzene rings is 1. The van der Waals surface area contributed by atoms with E-state index in [1.807, 2.05) is 25.1 Å². The van der Waals surface area contributed by atoms with Crippen molar-refractivity contribution in [3.63, 3.8) is 0 Å². The second-order valence-corrected chi connectivity index (χ2v) is 4.45. The number of hydrogen-bond acceptors (Lipinski definition) is 4. The van der Waals surface area contributed by atoms with Crippen molar-refractivity contribution in [2.75, 3.05) is 0 Å². The third-order valence-corrected chi connectivity index (χ3v) is 2.96. The van der Waals surface area contributed by atoms with Crippen molar-refractivity contribution in [3.05, 3.63) is 59.7 Å². The standard InChI is InChI=1S/C15H13N3O2/c1-10-18-13-3-2-11(8-14(13)20-10)9-17-15(19)12-4-6-16-7-5-12/h2-8H,9H2,1H3,(H,17,19). The molecule has 100 valence electrons. The van der Waals surface area contributed by atoms with Gasteiger partial charge in [0.1, 0.15) is 5.52 Å². The number of pyridine rings is 1. The Balaban J connectivity index is 1.72. The van der Waals surface area contributed by atoms with Crippen molar-refractivity contribution in [2.45, 2.75) is 13.5 Å². The van der Waals surface area contributed by atoms with Gasteiger partial charge >= 0.3 is 0 Å². The van der Waals surface area contributed by atoms with E-state index in [1.54, 1.807) is 24.5 Å². The molecule has 1 amide bonds. The van der Waals surface area contributed by atoms with Crippen LogP contribution in [0.2, 0.25) is 0 Å². The van der Waals surface area contributed by atoms with Crippen LogP contribution in [0.1, 0.15) is 21.8 Å². The number of aromatic nitrogens is 2. The van der Waals surface area contributed by atoms with Crippen LogP contribution >= 0.6 is 0 Å². The van der Waals surface area contributed by atoms with Gasteiger partial charge in [-0.3, -0.25) is 9.78 Å². The first-order chi connectivity index (χ1) is 9.72. The molecule has 0 saturated heterocycles. The van der Waals surface area contributed by atoms with Crippen LogP contribution in [0.15, 0.2) is 47.1 Å². The Labute approximate surface area is 115 Å². The second-order valence-electron chi connectivity index (χ2n) is 4.45. The SMILES string of the molecule is Cc1nc2ccc(CNC(=O)c3ccncc3)cc2o1. The van der Waals surface area contributed by atoms with E-state index >= 15 is 0 Å². The van der Waals surface area contributed by atoms with Crippen molar-refractivity contribution in [1.82, 2.24) is 15.3 Å². The quantitative estimate of drug-likeness (QED) is 0.791. The Kier molecular flexibility index (Phi) is 3.16. The Morgan fingerprint density at radius 3 is 2.85 bits per heavy atom. The zero-order valence-electron chi connectivity index (χ0n) is 11.0. The fraction of sp³-hybridized carbons (Fsp3) is 0.133. The minimum absolute atomic E-state index is 0.124. The summed E-state index contributed by atoms with van der Waals surface area (Å²) in [6, 6.07) is 9.07. The van der Waals surface area contributed by atoms with E-state index in [1.165, 1.54) is 0 Å². The molecule has 2 aromatic heterocycles. The van der Waals surface area contributed by atoms with Crippen LogP contribution in [-0.4, -0.2) is 15.9 Å². The van der Waals surface area contributed by atoms with E-state index in [9.17, 15) is 4.79 Å². The Hall–Kier alpha value is -2.69. The van der Waals surface area contributed by atoms with Crippen molar-refractivity contribution in [2.24, 2.45) is 0 Å². The maximum Gasteiger partial charge on any atom is 0.251 e. The number of nitrogens with one attached hydrogen (secondary N) is 1. The molecule has 1 N–H and O–H groups in total. The smallest absolute Gasteiger partial charge is 0.251 e. The largest absolute Gasteiger partial charge is 0.441 e. The predicted molar refractivity (Wildman–Crippen MR) is 74.2 cm³/mol. The number of aryl methyl sites for hydroxylation is 1. The van der Waals surface area contributed by atoms with E-state index in [0.29, 0.717) is 18.0 Å². The van der Waals surface area contributed by atoms with Crippen LogP contribution in [0, 0.1) is 6.92 Å². The van der Waals surface area contributed by atoms with Crippen LogP contribution in [0.4, 0.5) is 0 Å². The third-order valence-electron chi connectivity index (χ3n) is 2.96. The number of amides is 1. The zero-order chi connectivity index (χ0) is 13.9. The van der Waals surface area contributed by atoms with Crippen LogP contribution in [-0.2, 0) is 6.54 Å². The molecule has 0 aliphatic rings. The number of fused-ring (bicyclic) bond motifs is 1. The highest BCUT2D eigenvalue weighted by molar-refractivity contribution is 5.93. The predicted octanol–water partition coefficient (Wildman–Crippen LogP) is 2.46. The maximum absolute atomic E-state index is 11.9. The number of oxazole rings is 1. The van der Waals surface area contributed by atoms with Gasteiger partial charge < -0.3 is 9.73 Å². The molecule has 0 unspecified atom stereocenters. The number of nitrogens with zero attached hydrogens (tertiary/aromatic N) is 2. The van der Waals surface area contributed by atoms with Gasteiger partial charge in [-0.15, -0.1) is 0 Å². The van der Waals surface area contributed by atoms with E-state index in [0.717, 1.165) is 16.7 Å². The molecule has 1 aromatic carbocycles. The summed E-state index contributed by atoms with van der Waals surface area (Å²) < 4.78 is 5.47. The van der Waals surface area contributed by atoms with Crippen LogP contribution in [0.3, 0.4) is 0 Å². The first-order valence-corrected chi connectivity index (χ1v) is 6.27. The second kappa shape index (κ2) is 5.13. The van der Waals surface area contributed by atoms with Gasteiger partial charge in [0.25, 0.3) is 5.91 Å². The molecule has 0 saturated carbocycles. The van der Waals surface area contributed by atoms with Crippen LogP contribution in [0.25, 0.3) is 11.1 Å². The van der Waals surface area contributed by atoms with Gasteiger partial charge in [0.15, 0.2) is 11.5 Å². The summed E-state index contributed by atoms with van der Waals surface area (Å²) in [5.41, 5.74) is 3.12. The summed E-state index contributed by atoms with van der Waals surface area (Å²) in [5, 5.41) is 2.86. The normalized spacial score (nSPS) is 10.7. The fourth-order valence-electron chi connectivity index (χ4n) is 1.98. The highest BCUT2D eigenvalue weighted by Crippen LogP contribution is 2.16. The van der Waals surface area contributed by atoms with Gasteiger partial charge in [0.05, 0.1) is 0 Å². The lowest BCUT2D eigenvalue weighted by Gasteiger charge is -2.04.